The number of carbonyl (C=O) groups excluding carboxylic acids is 3. The number of carbonyl (C=O) groups is 3. The van der Waals surface area contributed by atoms with Crippen molar-refractivity contribution >= 4 is 40.4 Å². The van der Waals surface area contributed by atoms with Crippen LogP contribution in [0.1, 0.15) is 44.7 Å². The first-order valence-electron chi connectivity index (χ1n) is 12.1. The topological polar surface area (TPSA) is 108 Å². The minimum Gasteiger partial charge on any atom is -0.465 e. The zero-order valence-electron chi connectivity index (χ0n) is 20.4. The number of aliphatic hydroxyl groups is 1. The molecule has 2 amide bonds. The van der Waals surface area contributed by atoms with Crippen LogP contribution in [0.4, 0.5) is 11.4 Å². The summed E-state index contributed by atoms with van der Waals surface area (Å²) in [6.07, 6.45) is 0.832. The van der Waals surface area contributed by atoms with Crippen molar-refractivity contribution in [2.75, 3.05) is 30.8 Å². The molecule has 2 heterocycles. The summed E-state index contributed by atoms with van der Waals surface area (Å²) in [5.41, 5.74) is 4.69. The molecule has 1 saturated heterocycles. The highest BCUT2D eigenvalue weighted by atomic mass is 16.5. The van der Waals surface area contributed by atoms with E-state index in [1.165, 1.54) is 7.11 Å². The molecule has 0 aliphatic carbocycles. The van der Waals surface area contributed by atoms with Gasteiger partial charge in [-0.05, 0) is 54.8 Å². The van der Waals surface area contributed by atoms with E-state index in [1.807, 2.05) is 42.5 Å². The van der Waals surface area contributed by atoms with Gasteiger partial charge in [0.2, 0.25) is 0 Å². The Balaban J connectivity index is 1.47. The molecule has 3 aromatic carbocycles. The number of benzene rings is 3. The van der Waals surface area contributed by atoms with E-state index in [-0.39, 0.29) is 17.9 Å². The number of ether oxygens (including phenoxy) is 1. The van der Waals surface area contributed by atoms with Gasteiger partial charge in [0.1, 0.15) is 0 Å². The summed E-state index contributed by atoms with van der Waals surface area (Å²) in [6.45, 7) is 1.08. The predicted molar refractivity (Wildman–Crippen MR) is 141 cm³/mol. The van der Waals surface area contributed by atoms with Crippen LogP contribution in [0.25, 0.3) is 11.3 Å². The van der Waals surface area contributed by atoms with E-state index in [1.54, 1.807) is 35.2 Å². The number of fused-ring (bicyclic) bond motifs is 1. The zero-order valence-corrected chi connectivity index (χ0v) is 20.4. The number of methoxy groups -OCH3 is 1. The van der Waals surface area contributed by atoms with Crippen LogP contribution in [0.3, 0.4) is 0 Å². The number of nitrogens with zero attached hydrogens (tertiary/aromatic N) is 1. The van der Waals surface area contributed by atoms with Gasteiger partial charge < -0.3 is 25.4 Å². The minimum atomic E-state index is -0.480. The lowest BCUT2D eigenvalue weighted by Crippen LogP contribution is -2.40. The van der Waals surface area contributed by atoms with Gasteiger partial charge in [-0.3, -0.25) is 9.59 Å². The summed E-state index contributed by atoms with van der Waals surface area (Å²) in [7, 11) is 1.31. The van der Waals surface area contributed by atoms with Crippen molar-refractivity contribution in [3.63, 3.8) is 0 Å². The first-order valence-corrected chi connectivity index (χ1v) is 12.1. The fourth-order valence-corrected chi connectivity index (χ4v) is 4.64. The van der Waals surface area contributed by atoms with Gasteiger partial charge in [0.15, 0.2) is 0 Å². The molecule has 1 fully saturated rings. The Morgan fingerprint density at radius 3 is 2.30 bits per heavy atom. The summed E-state index contributed by atoms with van der Waals surface area (Å²) in [6, 6.07) is 21.6. The molecule has 37 heavy (non-hydrogen) atoms. The van der Waals surface area contributed by atoms with Crippen molar-refractivity contribution < 1.29 is 24.2 Å². The smallest absolute Gasteiger partial charge is 0.337 e. The van der Waals surface area contributed by atoms with Gasteiger partial charge in [0.25, 0.3) is 11.8 Å². The van der Waals surface area contributed by atoms with Gasteiger partial charge in [-0.2, -0.15) is 0 Å². The molecule has 0 bridgehead atoms. The van der Waals surface area contributed by atoms with Crippen LogP contribution in [0.15, 0.2) is 72.8 Å². The number of likely N-dealkylation sites (tertiary alicyclic amines) is 1. The van der Waals surface area contributed by atoms with Crippen molar-refractivity contribution in [3.8, 4) is 0 Å². The summed E-state index contributed by atoms with van der Waals surface area (Å²) in [5, 5.41) is 15.9. The quantitative estimate of drug-likeness (QED) is 0.363. The number of hydrogen-bond donors (Lipinski definition) is 3. The van der Waals surface area contributed by atoms with Gasteiger partial charge in [-0.15, -0.1) is 0 Å². The lowest BCUT2D eigenvalue weighted by atomic mass is 9.99. The average Bonchev–Trinajstić information content (AvgIpc) is 3.26. The standard InChI is InChI=1S/C29H27N3O5/c1-37-29(36)20-9-12-23-24(17-20)31-27(34)25(23)26(18-5-3-2-4-6-18)30-21-10-7-19(8-11-21)28(35)32-15-13-22(33)14-16-32/h2-12,17,22,30,33H,13-16H2,1H3,(H,31,34)/b26-25-. The monoisotopic (exact) mass is 497 g/mol. The van der Waals surface area contributed by atoms with E-state index in [0.717, 1.165) is 5.56 Å². The molecule has 0 unspecified atom stereocenters. The third-order valence-corrected chi connectivity index (χ3v) is 6.65. The van der Waals surface area contributed by atoms with Crippen LogP contribution in [-0.2, 0) is 9.53 Å². The maximum Gasteiger partial charge on any atom is 0.337 e. The fraction of sp³-hybridized carbons (Fsp3) is 0.207. The average molecular weight is 498 g/mol. The van der Waals surface area contributed by atoms with Crippen molar-refractivity contribution in [2.45, 2.75) is 18.9 Å². The molecule has 0 saturated carbocycles. The highest BCUT2D eigenvalue weighted by Gasteiger charge is 2.29. The SMILES string of the molecule is COC(=O)c1ccc2c(c1)NC(=O)/C2=C(\Nc1ccc(C(=O)N2CCC(O)CC2)cc1)c1ccccc1. The number of rotatable bonds is 5. The van der Waals surface area contributed by atoms with Crippen LogP contribution >= 0.6 is 0 Å². The second-order valence-corrected chi connectivity index (χ2v) is 9.05. The number of nitrogens with one attached hydrogen (secondary N) is 2. The first kappa shape index (κ1) is 24.3. The largest absolute Gasteiger partial charge is 0.465 e. The van der Waals surface area contributed by atoms with Crippen LogP contribution in [0, 0.1) is 0 Å². The summed E-state index contributed by atoms with van der Waals surface area (Å²) >= 11 is 0. The molecule has 3 N–H and O–H groups in total. The lowest BCUT2D eigenvalue weighted by molar-refractivity contribution is -0.110. The highest BCUT2D eigenvalue weighted by molar-refractivity contribution is 6.37. The molecule has 0 spiro atoms. The third kappa shape index (κ3) is 4.96. The second kappa shape index (κ2) is 10.3. The molecule has 8 heteroatoms. The molecular formula is C29H27N3O5. The Kier molecular flexibility index (Phi) is 6.74. The number of esters is 1. The number of piperidine rings is 1. The summed E-state index contributed by atoms with van der Waals surface area (Å²) in [4.78, 5) is 39.7. The molecular weight excluding hydrogens is 470 g/mol. The molecule has 2 aliphatic rings. The van der Waals surface area contributed by atoms with Gasteiger partial charge in [-0.25, -0.2) is 4.79 Å². The molecule has 188 valence electrons. The van der Waals surface area contributed by atoms with Gasteiger partial charge in [0, 0.05) is 29.9 Å². The predicted octanol–water partition coefficient (Wildman–Crippen LogP) is 4.00. The Bertz CT molecular complexity index is 1370. The van der Waals surface area contributed by atoms with Crippen molar-refractivity contribution in [3.05, 3.63) is 95.1 Å². The van der Waals surface area contributed by atoms with Crippen LogP contribution in [0.5, 0.6) is 0 Å². The Morgan fingerprint density at radius 1 is 0.946 bits per heavy atom. The van der Waals surface area contributed by atoms with Crippen molar-refractivity contribution in [1.29, 1.82) is 0 Å². The number of hydrogen-bond acceptors (Lipinski definition) is 6. The molecule has 5 rings (SSSR count). The van der Waals surface area contributed by atoms with Crippen molar-refractivity contribution in [2.24, 2.45) is 0 Å². The number of aliphatic hydroxyl groups excluding tert-OH is 1. The van der Waals surface area contributed by atoms with Crippen LogP contribution in [0.2, 0.25) is 0 Å². The van der Waals surface area contributed by atoms with E-state index in [0.29, 0.717) is 65.3 Å². The highest BCUT2D eigenvalue weighted by Crippen LogP contribution is 2.38. The fourth-order valence-electron chi connectivity index (χ4n) is 4.64. The van der Waals surface area contributed by atoms with Gasteiger partial charge >= 0.3 is 5.97 Å². The molecule has 0 aromatic heterocycles. The first-order chi connectivity index (χ1) is 17.9. The Labute approximate surface area is 214 Å². The number of amides is 2. The van der Waals surface area contributed by atoms with E-state index in [2.05, 4.69) is 10.6 Å². The second-order valence-electron chi connectivity index (χ2n) is 9.05. The van der Waals surface area contributed by atoms with Gasteiger partial charge in [-0.1, -0.05) is 36.4 Å². The molecule has 0 radical (unpaired) electrons. The summed E-state index contributed by atoms with van der Waals surface area (Å²) < 4.78 is 4.80. The van der Waals surface area contributed by atoms with Crippen LogP contribution in [-0.4, -0.2) is 54.1 Å². The maximum absolute atomic E-state index is 13.1. The van der Waals surface area contributed by atoms with E-state index in [4.69, 9.17) is 4.74 Å². The lowest BCUT2D eigenvalue weighted by Gasteiger charge is -2.29. The Morgan fingerprint density at radius 2 is 1.62 bits per heavy atom. The molecule has 3 aromatic rings. The van der Waals surface area contributed by atoms with E-state index < -0.39 is 5.97 Å². The van der Waals surface area contributed by atoms with Crippen molar-refractivity contribution in [1.82, 2.24) is 4.90 Å². The van der Waals surface area contributed by atoms with Crippen LogP contribution < -0.4 is 10.6 Å². The van der Waals surface area contributed by atoms with E-state index >= 15 is 0 Å². The minimum absolute atomic E-state index is 0.0643. The molecule has 8 nitrogen and oxygen atoms in total. The molecule has 0 atom stereocenters. The maximum atomic E-state index is 13.1. The molecule has 2 aliphatic heterocycles. The van der Waals surface area contributed by atoms with Gasteiger partial charge in [0.05, 0.1) is 35.7 Å². The summed E-state index contributed by atoms with van der Waals surface area (Å²) in [5.74, 6) is -0.834. The number of anilines is 2. The Hall–Kier alpha value is -4.43. The van der Waals surface area contributed by atoms with E-state index in [9.17, 15) is 19.5 Å². The zero-order chi connectivity index (χ0) is 25.9. The normalized spacial score (nSPS) is 16.6. The third-order valence-electron chi connectivity index (χ3n) is 6.65.